The molecule has 0 N–H and O–H groups in total. The maximum Gasteiger partial charge on any atom is 0.194 e. The second-order valence-electron chi connectivity index (χ2n) is 4.87. The zero-order chi connectivity index (χ0) is 14.8. The van der Waals surface area contributed by atoms with E-state index in [2.05, 4.69) is 11.6 Å². The highest BCUT2D eigenvalue weighted by molar-refractivity contribution is 6.43. The summed E-state index contributed by atoms with van der Waals surface area (Å²) in [7, 11) is 0. The molecule has 2 heteroatoms. The fourth-order valence-electron chi connectivity index (χ4n) is 2.68. The average molecular weight is 273 g/mol. The van der Waals surface area contributed by atoms with Gasteiger partial charge < -0.3 is 0 Å². The Balaban J connectivity index is 2.32. The van der Waals surface area contributed by atoms with Crippen LogP contribution in [0.25, 0.3) is 11.1 Å². The standard InChI is InChI=1S/C19H15NO/c1-3-16-13(2)19(21)18(15-10-7-11-20-12-15)17(16)14-8-5-4-6-9-14/h3-12H,2H2,1H3. The average Bonchev–Trinajstić information content (AvgIpc) is 2.80. The molecule has 1 aliphatic carbocycles. The van der Waals surface area contributed by atoms with Crippen LogP contribution in [-0.4, -0.2) is 10.8 Å². The van der Waals surface area contributed by atoms with Gasteiger partial charge in [-0.25, -0.2) is 0 Å². The molecule has 1 heterocycles. The van der Waals surface area contributed by atoms with Gasteiger partial charge in [-0.15, -0.1) is 0 Å². The van der Waals surface area contributed by atoms with Crippen LogP contribution in [0, 0.1) is 0 Å². The maximum atomic E-state index is 12.6. The molecular formula is C19H15NO. The fourth-order valence-corrected chi connectivity index (χ4v) is 2.68. The third kappa shape index (κ3) is 2.15. The van der Waals surface area contributed by atoms with Crippen LogP contribution in [0.1, 0.15) is 18.1 Å². The molecule has 0 atom stereocenters. The zero-order valence-corrected chi connectivity index (χ0v) is 11.8. The molecule has 0 saturated heterocycles. The Morgan fingerprint density at radius 2 is 1.71 bits per heavy atom. The van der Waals surface area contributed by atoms with Gasteiger partial charge in [0.05, 0.1) is 0 Å². The topological polar surface area (TPSA) is 30.0 Å². The van der Waals surface area contributed by atoms with Gasteiger partial charge >= 0.3 is 0 Å². The smallest absolute Gasteiger partial charge is 0.194 e. The van der Waals surface area contributed by atoms with Crippen molar-refractivity contribution >= 4 is 16.9 Å². The number of allylic oxidation sites excluding steroid dienone is 5. The maximum absolute atomic E-state index is 12.6. The van der Waals surface area contributed by atoms with Crippen LogP contribution in [0.5, 0.6) is 0 Å². The van der Waals surface area contributed by atoms with Crippen LogP contribution in [0.3, 0.4) is 0 Å². The number of nitrogens with zero attached hydrogens (tertiary/aromatic N) is 1. The number of carbonyl (C=O) groups excluding carboxylic acids is 1. The lowest BCUT2D eigenvalue weighted by atomic mass is 9.95. The van der Waals surface area contributed by atoms with E-state index in [1.807, 2.05) is 55.5 Å². The zero-order valence-electron chi connectivity index (χ0n) is 11.8. The summed E-state index contributed by atoms with van der Waals surface area (Å²) in [6.45, 7) is 5.89. The Bertz CT molecular complexity index is 768. The molecule has 0 amide bonds. The molecule has 1 aromatic heterocycles. The Kier molecular flexibility index (Phi) is 3.36. The van der Waals surface area contributed by atoms with E-state index < -0.39 is 0 Å². The molecule has 102 valence electrons. The summed E-state index contributed by atoms with van der Waals surface area (Å²) in [6, 6.07) is 13.7. The Hall–Kier alpha value is -2.74. The van der Waals surface area contributed by atoms with Gasteiger partial charge in [0.1, 0.15) is 0 Å². The molecule has 0 fully saturated rings. The van der Waals surface area contributed by atoms with E-state index in [4.69, 9.17) is 0 Å². The highest BCUT2D eigenvalue weighted by atomic mass is 16.1. The molecular weight excluding hydrogens is 258 g/mol. The number of Topliss-reactive ketones (excluding diaryl/α,β-unsaturated/α-hetero) is 1. The SMILES string of the molecule is C=C1C(=O)C(c2cccnc2)=C(c2ccccc2)C1=CC. The van der Waals surface area contributed by atoms with Crippen molar-refractivity contribution in [3.05, 3.63) is 89.8 Å². The molecule has 0 radical (unpaired) electrons. The van der Waals surface area contributed by atoms with Crippen LogP contribution in [0.4, 0.5) is 0 Å². The van der Waals surface area contributed by atoms with Crippen LogP contribution < -0.4 is 0 Å². The minimum atomic E-state index is -0.0186. The van der Waals surface area contributed by atoms with Gasteiger partial charge in [0.15, 0.2) is 5.78 Å². The lowest BCUT2D eigenvalue weighted by molar-refractivity contribution is -0.110. The van der Waals surface area contributed by atoms with Crippen molar-refractivity contribution in [2.75, 3.05) is 0 Å². The largest absolute Gasteiger partial charge is 0.289 e. The molecule has 21 heavy (non-hydrogen) atoms. The monoisotopic (exact) mass is 273 g/mol. The number of pyridine rings is 1. The molecule has 0 unspecified atom stereocenters. The lowest BCUT2D eigenvalue weighted by Gasteiger charge is -2.08. The number of hydrogen-bond donors (Lipinski definition) is 0. The van der Waals surface area contributed by atoms with Gasteiger partial charge in [-0.3, -0.25) is 9.78 Å². The van der Waals surface area contributed by atoms with E-state index in [0.717, 1.165) is 22.3 Å². The quantitative estimate of drug-likeness (QED) is 0.772. The van der Waals surface area contributed by atoms with E-state index >= 15 is 0 Å². The molecule has 0 spiro atoms. The van der Waals surface area contributed by atoms with E-state index in [1.54, 1.807) is 12.4 Å². The summed E-state index contributed by atoms with van der Waals surface area (Å²) in [5, 5.41) is 0. The van der Waals surface area contributed by atoms with Gasteiger partial charge in [-0.05, 0) is 24.1 Å². The predicted octanol–water partition coefficient (Wildman–Crippen LogP) is 4.08. The van der Waals surface area contributed by atoms with Gasteiger partial charge in [0.2, 0.25) is 0 Å². The molecule has 2 aromatic rings. The normalized spacial score (nSPS) is 16.9. The van der Waals surface area contributed by atoms with Crippen LogP contribution in [-0.2, 0) is 4.79 Å². The molecule has 2 nitrogen and oxygen atoms in total. The second kappa shape index (κ2) is 5.33. The summed E-state index contributed by atoms with van der Waals surface area (Å²) >= 11 is 0. The summed E-state index contributed by atoms with van der Waals surface area (Å²) in [5.74, 6) is -0.0186. The first-order valence-corrected chi connectivity index (χ1v) is 6.84. The van der Waals surface area contributed by atoms with Crippen molar-refractivity contribution in [1.29, 1.82) is 0 Å². The first-order valence-electron chi connectivity index (χ1n) is 6.84. The number of ketones is 1. The van der Waals surface area contributed by atoms with Crippen molar-refractivity contribution < 1.29 is 4.79 Å². The number of hydrogen-bond acceptors (Lipinski definition) is 2. The molecule has 0 aliphatic heterocycles. The van der Waals surface area contributed by atoms with E-state index in [1.165, 1.54) is 0 Å². The minimum absolute atomic E-state index is 0.0186. The summed E-state index contributed by atoms with van der Waals surface area (Å²) in [4.78, 5) is 16.8. The van der Waals surface area contributed by atoms with Crippen molar-refractivity contribution in [1.82, 2.24) is 4.98 Å². The van der Waals surface area contributed by atoms with Crippen molar-refractivity contribution in [3.63, 3.8) is 0 Å². The van der Waals surface area contributed by atoms with E-state index in [9.17, 15) is 4.79 Å². The third-order valence-corrected chi connectivity index (χ3v) is 3.65. The van der Waals surface area contributed by atoms with Gasteiger partial charge in [-0.1, -0.05) is 49.1 Å². The summed E-state index contributed by atoms with van der Waals surface area (Å²) in [6.07, 6.45) is 5.38. The predicted molar refractivity (Wildman–Crippen MR) is 85.4 cm³/mol. The Morgan fingerprint density at radius 3 is 2.33 bits per heavy atom. The third-order valence-electron chi connectivity index (χ3n) is 3.65. The van der Waals surface area contributed by atoms with Crippen molar-refractivity contribution in [3.8, 4) is 0 Å². The van der Waals surface area contributed by atoms with Crippen LogP contribution >= 0.6 is 0 Å². The molecule has 3 rings (SSSR count). The van der Waals surface area contributed by atoms with E-state index in [0.29, 0.717) is 11.1 Å². The minimum Gasteiger partial charge on any atom is -0.289 e. The van der Waals surface area contributed by atoms with Gasteiger partial charge in [-0.2, -0.15) is 0 Å². The van der Waals surface area contributed by atoms with Crippen molar-refractivity contribution in [2.45, 2.75) is 6.92 Å². The number of benzene rings is 1. The molecule has 0 saturated carbocycles. The first kappa shape index (κ1) is 13.3. The Labute approximate surface area is 124 Å². The van der Waals surface area contributed by atoms with E-state index in [-0.39, 0.29) is 5.78 Å². The highest BCUT2D eigenvalue weighted by Gasteiger charge is 2.32. The van der Waals surface area contributed by atoms with Crippen molar-refractivity contribution in [2.24, 2.45) is 0 Å². The lowest BCUT2D eigenvalue weighted by Crippen LogP contribution is -1.98. The second-order valence-corrected chi connectivity index (χ2v) is 4.87. The van der Waals surface area contributed by atoms with Gasteiger partial charge in [0, 0.05) is 34.7 Å². The van der Waals surface area contributed by atoms with Crippen LogP contribution in [0.15, 0.2) is 78.7 Å². The fraction of sp³-hybridized carbons (Fsp3) is 0.0526. The molecule has 0 bridgehead atoms. The van der Waals surface area contributed by atoms with Crippen LogP contribution in [0.2, 0.25) is 0 Å². The van der Waals surface area contributed by atoms with Gasteiger partial charge in [0.25, 0.3) is 0 Å². The molecule has 1 aromatic carbocycles. The number of carbonyl (C=O) groups is 1. The number of aromatic nitrogens is 1. The Morgan fingerprint density at radius 1 is 1.00 bits per heavy atom. The first-order chi connectivity index (χ1) is 10.2. The number of rotatable bonds is 2. The highest BCUT2D eigenvalue weighted by Crippen LogP contribution is 2.43. The summed E-state index contributed by atoms with van der Waals surface area (Å²) < 4.78 is 0. The summed E-state index contributed by atoms with van der Waals surface area (Å²) in [5.41, 5.74) is 4.95. The molecule has 1 aliphatic rings.